The van der Waals surface area contributed by atoms with E-state index in [9.17, 15) is 4.79 Å². The fraction of sp³-hybridized carbons (Fsp3) is 0.500. The maximum atomic E-state index is 10.9. The van der Waals surface area contributed by atoms with Gasteiger partial charge in [0.05, 0.1) is 6.54 Å². The number of hydrogen-bond donors (Lipinski definition) is 2. The second-order valence-electron chi connectivity index (χ2n) is 5.61. The fourth-order valence-corrected chi connectivity index (χ4v) is 2.82. The molecule has 0 radical (unpaired) electrons. The normalized spacial score (nSPS) is 17.2. The van der Waals surface area contributed by atoms with Crippen LogP contribution in [0.3, 0.4) is 0 Å². The Balaban J connectivity index is 1.67. The number of rotatable bonds is 4. The Labute approximate surface area is 123 Å². The van der Waals surface area contributed by atoms with E-state index in [1.54, 1.807) is 6.33 Å². The van der Waals surface area contributed by atoms with Crippen molar-refractivity contribution in [2.45, 2.75) is 25.8 Å². The Hall–Kier alpha value is -2.15. The third-order valence-corrected chi connectivity index (χ3v) is 3.84. The lowest BCUT2D eigenvalue weighted by atomic mass is 10.0. The zero-order valence-electron chi connectivity index (χ0n) is 12.1. The van der Waals surface area contributed by atoms with Crippen molar-refractivity contribution in [3.63, 3.8) is 0 Å². The van der Waals surface area contributed by atoms with Gasteiger partial charge in [-0.25, -0.2) is 4.98 Å². The van der Waals surface area contributed by atoms with Crippen LogP contribution in [0.25, 0.3) is 5.65 Å². The van der Waals surface area contributed by atoms with E-state index < -0.39 is 0 Å². The minimum atomic E-state index is -0.260. The van der Waals surface area contributed by atoms with Gasteiger partial charge in [-0.15, -0.1) is 0 Å². The lowest BCUT2D eigenvalue weighted by molar-refractivity contribution is -0.119. The van der Waals surface area contributed by atoms with Gasteiger partial charge in [0, 0.05) is 19.1 Å². The van der Waals surface area contributed by atoms with E-state index in [0.717, 1.165) is 43.0 Å². The molecule has 1 saturated heterocycles. The first kappa shape index (κ1) is 13.8. The average molecular weight is 288 g/mol. The number of piperidine rings is 1. The zero-order chi connectivity index (χ0) is 14.8. The van der Waals surface area contributed by atoms with E-state index >= 15 is 0 Å². The number of nitrogens with one attached hydrogen (secondary N) is 1. The number of hydrogen-bond acceptors (Lipinski definition) is 5. The van der Waals surface area contributed by atoms with Gasteiger partial charge in [-0.05, 0) is 37.5 Å². The SMILES string of the molecule is Cc1cc(NC2CCN(CC(N)=O)CC2)n2ncnc2c1. The van der Waals surface area contributed by atoms with Crippen molar-refractivity contribution in [2.75, 3.05) is 25.0 Å². The second-order valence-corrected chi connectivity index (χ2v) is 5.61. The summed E-state index contributed by atoms with van der Waals surface area (Å²) in [5.41, 5.74) is 7.24. The number of aryl methyl sites for hydroxylation is 1. The molecule has 2 aromatic rings. The monoisotopic (exact) mass is 288 g/mol. The van der Waals surface area contributed by atoms with Gasteiger partial charge in [0.15, 0.2) is 5.65 Å². The Kier molecular flexibility index (Phi) is 3.74. The number of pyridine rings is 1. The molecule has 7 heteroatoms. The summed E-state index contributed by atoms with van der Waals surface area (Å²) < 4.78 is 1.82. The molecule has 0 saturated carbocycles. The Morgan fingerprint density at radius 2 is 2.19 bits per heavy atom. The van der Waals surface area contributed by atoms with Crippen molar-refractivity contribution in [3.05, 3.63) is 24.0 Å². The summed E-state index contributed by atoms with van der Waals surface area (Å²) in [4.78, 5) is 17.3. The van der Waals surface area contributed by atoms with Gasteiger partial charge >= 0.3 is 0 Å². The van der Waals surface area contributed by atoms with E-state index in [4.69, 9.17) is 5.73 Å². The van der Waals surface area contributed by atoms with Crippen LogP contribution in [0.5, 0.6) is 0 Å². The molecule has 0 unspecified atom stereocenters. The van der Waals surface area contributed by atoms with Gasteiger partial charge < -0.3 is 11.1 Å². The zero-order valence-corrected chi connectivity index (χ0v) is 12.1. The van der Waals surface area contributed by atoms with Gasteiger partial charge in [-0.2, -0.15) is 9.61 Å². The number of carbonyl (C=O) groups excluding carboxylic acids is 1. The van der Waals surface area contributed by atoms with Crippen molar-refractivity contribution in [1.29, 1.82) is 0 Å². The molecule has 21 heavy (non-hydrogen) atoms. The first-order valence-electron chi connectivity index (χ1n) is 7.19. The number of anilines is 1. The molecular formula is C14H20N6O. The fourth-order valence-electron chi connectivity index (χ4n) is 2.82. The minimum absolute atomic E-state index is 0.260. The summed E-state index contributed by atoms with van der Waals surface area (Å²) >= 11 is 0. The molecule has 0 aliphatic carbocycles. The van der Waals surface area contributed by atoms with Crippen molar-refractivity contribution in [3.8, 4) is 0 Å². The third-order valence-electron chi connectivity index (χ3n) is 3.84. The molecule has 3 heterocycles. The van der Waals surface area contributed by atoms with E-state index in [1.807, 2.05) is 10.6 Å². The first-order chi connectivity index (χ1) is 10.1. The minimum Gasteiger partial charge on any atom is -0.369 e. The summed E-state index contributed by atoms with van der Waals surface area (Å²) in [5.74, 6) is 0.709. The number of nitrogens with two attached hydrogens (primary N) is 1. The van der Waals surface area contributed by atoms with E-state index in [1.165, 1.54) is 0 Å². The molecule has 0 bridgehead atoms. The molecule has 0 aromatic carbocycles. The van der Waals surface area contributed by atoms with Crippen molar-refractivity contribution >= 4 is 17.4 Å². The van der Waals surface area contributed by atoms with Crippen molar-refractivity contribution in [2.24, 2.45) is 5.73 Å². The van der Waals surface area contributed by atoms with Crippen LogP contribution < -0.4 is 11.1 Å². The average Bonchev–Trinajstić information content (AvgIpc) is 2.88. The number of fused-ring (bicyclic) bond motifs is 1. The van der Waals surface area contributed by atoms with E-state index in [-0.39, 0.29) is 5.91 Å². The van der Waals surface area contributed by atoms with Crippen LogP contribution in [0.15, 0.2) is 18.5 Å². The number of aromatic nitrogens is 3. The molecule has 2 aromatic heterocycles. The van der Waals surface area contributed by atoms with Gasteiger partial charge in [0.25, 0.3) is 0 Å². The van der Waals surface area contributed by atoms with Gasteiger partial charge in [0.2, 0.25) is 5.91 Å². The molecule has 1 fully saturated rings. The maximum Gasteiger partial charge on any atom is 0.231 e. The predicted molar refractivity (Wildman–Crippen MR) is 80.0 cm³/mol. The molecule has 3 N–H and O–H groups in total. The van der Waals surface area contributed by atoms with Gasteiger partial charge in [-0.3, -0.25) is 9.69 Å². The Morgan fingerprint density at radius 1 is 1.43 bits per heavy atom. The molecule has 7 nitrogen and oxygen atoms in total. The number of nitrogens with zero attached hydrogens (tertiary/aromatic N) is 4. The van der Waals surface area contributed by atoms with Crippen molar-refractivity contribution < 1.29 is 4.79 Å². The highest BCUT2D eigenvalue weighted by atomic mass is 16.1. The van der Waals surface area contributed by atoms with Gasteiger partial charge in [0.1, 0.15) is 12.1 Å². The van der Waals surface area contributed by atoms with Crippen molar-refractivity contribution in [1.82, 2.24) is 19.5 Å². The smallest absolute Gasteiger partial charge is 0.231 e. The predicted octanol–water partition coefficient (Wildman–Crippen LogP) is 0.399. The molecule has 1 amide bonds. The van der Waals surface area contributed by atoms with Crippen LogP contribution in [0.2, 0.25) is 0 Å². The summed E-state index contributed by atoms with van der Waals surface area (Å²) in [6.45, 7) is 4.17. The highest BCUT2D eigenvalue weighted by molar-refractivity contribution is 5.75. The Morgan fingerprint density at radius 3 is 2.90 bits per heavy atom. The molecule has 112 valence electrons. The molecule has 0 atom stereocenters. The van der Waals surface area contributed by atoms with Crippen LogP contribution in [-0.2, 0) is 4.79 Å². The molecule has 1 aliphatic rings. The largest absolute Gasteiger partial charge is 0.369 e. The maximum absolute atomic E-state index is 10.9. The number of amides is 1. The van der Waals surface area contributed by atoms with Crippen LogP contribution >= 0.6 is 0 Å². The second kappa shape index (κ2) is 5.69. The van der Waals surface area contributed by atoms with Crippen LogP contribution in [0.1, 0.15) is 18.4 Å². The molecular weight excluding hydrogens is 268 g/mol. The quantitative estimate of drug-likeness (QED) is 0.850. The molecule has 1 aliphatic heterocycles. The first-order valence-corrected chi connectivity index (χ1v) is 7.19. The molecule has 0 spiro atoms. The van der Waals surface area contributed by atoms with Gasteiger partial charge in [-0.1, -0.05) is 0 Å². The highest BCUT2D eigenvalue weighted by Gasteiger charge is 2.20. The van der Waals surface area contributed by atoms with E-state index in [2.05, 4.69) is 33.3 Å². The van der Waals surface area contributed by atoms with Crippen LogP contribution in [0, 0.1) is 6.92 Å². The standard InChI is InChI=1S/C14H20N6O/c1-10-6-13-16-9-17-20(13)14(7-10)18-11-2-4-19(5-3-11)8-12(15)21/h6-7,9,11,18H,2-5,8H2,1H3,(H2,15,21). The summed E-state index contributed by atoms with van der Waals surface area (Å²) in [5, 5.41) is 7.79. The summed E-state index contributed by atoms with van der Waals surface area (Å²) in [6, 6.07) is 4.47. The van der Waals surface area contributed by atoms with E-state index in [0.29, 0.717) is 12.6 Å². The topological polar surface area (TPSA) is 88.5 Å². The Bertz CT molecular complexity index is 644. The summed E-state index contributed by atoms with van der Waals surface area (Å²) in [7, 11) is 0. The summed E-state index contributed by atoms with van der Waals surface area (Å²) in [6.07, 6.45) is 3.53. The number of carbonyl (C=O) groups is 1. The third kappa shape index (κ3) is 3.13. The van der Waals surface area contributed by atoms with Crippen LogP contribution in [0.4, 0.5) is 5.82 Å². The van der Waals surface area contributed by atoms with Crippen LogP contribution in [-0.4, -0.2) is 51.1 Å². The number of primary amides is 1. The highest BCUT2D eigenvalue weighted by Crippen LogP contribution is 2.18. The molecule has 3 rings (SSSR count). The lowest BCUT2D eigenvalue weighted by Gasteiger charge is -2.32. The lowest BCUT2D eigenvalue weighted by Crippen LogP contribution is -2.43. The number of likely N-dealkylation sites (tertiary alicyclic amines) is 1.